The van der Waals surface area contributed by atoms with E-state index >= 15 is 0 Å². The molecule has 4 heteroatoms. The van der Waals surface area contributed by atoms with E-state index in [0.717, 1.165) is 12.0 Å². The molecule has 2 heterocycles. The van der Waals surface area contributed by atoms with Crippen LogP contribution in [0.25, 0.3) is 0 Å². The predicted octanol–water partition coefficient (Wildman–Crippen LogP) is 3.35. The first kappa shape index (κ1) is 13.2. The fourth-order valence-electron chi connectivity index (χ4n) is 2.29. The van der Waals surface area contributed by atoms with Gasteiger partial charge in [0.1, 0.15) is 5.82 Å². The SMILES string of the molecule is Cc1ccc2c(c1)SC(C(=O)Nc1ncccc1C)C2. The monoisotopic (exact) mass is 284 g/mol. The molecular weight excluding hydrogens is 268 g/mol. The molecule has 1 aliphatic heterocycles. The highest BCUT2D eigenvalue weighted by atomic mass is 32.2. The first-order valence-corrected chi connectivity index (χ1v) is 7.50. The summed E-state index contributed by atoms with van der Waals surface area (Å²) in [5.41, 5.74) is 3.48. The lowest BCUT2D eigenvalue weighted by Crippen LogP contribution is -2.25. The van der Waals surface area contributed by atoms with Crippen molar-refractivity contribution in [1.29, 1.82) is 0 Å². The molecule has 1 atom stereocenters. The summed E-state index contributed by atoms with van der Waals surface area (Å²) in [5.74, 6) is 0.691. The van der Waals surface area contributed by atoms with E-state index in [1.807, 2.05) is 19.1 Å². The Kier molecular flexibility index (Phi) is 3.49. The highest BCUT2D eigenvalue weighted by molar-refractivity contribution is 8.01. The van der Waals surface area contributed by atoms with Crippen LogP contribution in [0, 0.1) is 13.8 Å². The number of carbonyl (C=O) groups excluding carboxylic acids is 1. The lowest BCUT2D eigenvalue weighted by molar-refractivity contribution is -0.115. The molecule has 3 rings (SSSR count). The van der Waals surface area contributed by atoms with Crippen molar-refractivity contribution in [2.24, 2.45) is 0 Å². The fraction of sp³-hybridized carbons (Fsp3) is 0.250. The third kappa shape index (κ3) is 2.56. The van der Waals surface area contributed by atoms with Crippen molar-refractivity contribution >= 4 is 23.5 Å². The number of aromatic nitrogens is 1. The summed E-state index contributed by atoms with van der Waals surface area (Å²) < 4.78 is 0. The number of hydrogen-bond acceptors (Lipinski definition) is 3. The van der Waals surface area contributed by atoms with Crippen molar-refractivity contribution in [2.75, 3.05) is 5.32 Å². The van der Waals surface area contributed by atoms with Gasteiger partial charge in [0.05, 0.1) is 5.25 Å². The maximum Gasteiger partial charge on any atom is 0.239 e. The average molecular weight is 284 g/mol. The van der Waals surface area contributed by atoms with Gasteiger partial charge in [0.2, 0.25) is 5.91 Å². The maximum atomic E-state index is 12.3. The van der Waals surface area contributed by atoms with Crippen LogP contribution in [0.2, 0.25) is 0 Å². The van der Waals surface area contributed by atoms with Crippen LogP contribution in [0.1, 0.15) is 16.7 Å². The molecule has 0 bridgehead atoms. The summed E-state index contributed by atoms with van der Waals surface area (Å²) in [6, 6.07) is 10.2. The molecule has 1 aromatic heterocycles. The summed E-state index contributed by atoms with van der Waals surface area (Å²) >= 11 is 1.64. The normalized spacial score (nSPS) is 16.8. The third-order valence-corrected chi connectivity index (χ3v) is 4.74. The second kappa shape index (κ2) is 5.29. The van der Waals surface area contributed by atoms with Gasteiger partial charge in [-0.05, 0) is 43.5 Å². The number of carbonyl (C=O) groups is 1. The van der Waals surface area contributed by atoms with E-state index in [1.54, 1.807) is 18.0 Å². The van der Waals surface area contributed by atoms with Crippen molar-refractivity contribution in [3.63, 3.8) is 0 Å². The zero-order chi connectivity index (χ0) is 14.1. The number of rotatable bonds is 2. The Bertz CT molecular complexity index is 669. The number of benzene rings is 1. The number of aryl methyl sites for hydroxylation is 2. The molecule has 1 aliphatic rings. The highest BCUT2D eigenvalue weighted by Gasteiger charge is 2.28. The Hall–Kier alpha value is -1.81. The van der Waals surface area contributed by atoms with Gasteiger partial charge in [-0.25, -0.2) is 4.98 Å². The Morgan fingerprint density at radius 3 is 3.00 bits per heavy atom. The Labute approximate surface area is 122 Å². The van der Waals surface area contributed by atoms with Crippen molar-refractivity contribution in [3.05, 3.63) is 53.2 Å². The van der Waals surface area contributed by atoms with Gasteiger partial charge in [0.25, 0.3) is 0 Å². The maximum absolute atomic E-state index is 12.3. The number of nitrogens with zero attached hydrogens (tertiary/aromatic N) is 1. The van der Waals surface area contributed by atoms with Gasteiger partial charge in [-0.2, -0.15) is 0 Å². The number of hydrogen-bond donors (Lipinski definition) is 1. The molecule has 2 aromatic rings. The van der Waals surface area contributed by atoms with E-state index in [0.29, 0.717) is 5.82 Å². The molecule has 0 saturated carbocycles. The second-order valence-corrected chi connectivity index (χ2v) is 6.32. The molecule has 0 radical (unpaired) electrons. The summed E-state index contributed by atoms with van der Waals surface area (Å²) in [7, 11) is 0. The van der Waals surface area contributed by atoms with Crippen LogP contribution in [0.3, 0.4) is 0 Å². The van der Waals surface area contributed by atoms with Crippen LogP contribution in [0.5, 0.6) is 0 Å². The lowest BCUT2D eigenvalue weighted by atomic mass is 10.1. The molecule has 1 unspecified atom stereocenters. The summed E-state index contributed by atoms with van der Waals surface area (Å²) in [4.78, 5) is 17.8. The topological polar surface area (TPSA) is 42.0 Å². The van der Waals surface area contributed by atoms with Gasteiger partial charge in [0, 0.05) is 11.1 Å². The minimum absolute atomic E-state index is 0.0330. The van der Waals surface area contributed by atoms with E-state index in [4.69, 9.17) is 0 Å². The third-order valence-electron chi connectivity index (χ3n) is 3.44. The smallest absolute Gasteiger partial charge is 0.239 e. The number of pyridine rings is 1. The van der Waals surface area contributed by atoms with Gasteiger partial charge >= 0.3 is 0 Å². The number of nitrogens with one attached hydrogen (secondary N) is 1. The summed E-state index contributed by atoms with van der Waals surface area (Å²) in [6.07, 6.45) is 2.49. The van der Waals surface area contributed by atoms with Crippen LogP contribution >= 0.6 is 11.8 Å². The molecule has 1 amide bonds. The second-order valence-electron chi connectivity index (χ2n) is 5.08. The van der Waals surface area contributed by atoms with Gasteiger partial charge in [-0.1, -0.05) is 23.8 Å². The van der Waals surface area contributed by atoms with Crippen LogP contribution in [0.4, 0.5) is 5.82 Å². The molecule has 20 heavy (non-hydrogen) atoms. The van der Waals surface area contributed by atoms with E-state index in [2.05, 4.69) is 35.4 Å². The van der Waals surface area contributed by atoms with Crippen molar-refractivity contribution in [1.82, 2.24) is 4.98 Å². The molecule has 0 aliphatic carbocycles. The summed E-state index contributed by atoms with van der Waals surface area (Å²) in [5, 5.41) is 2.87. The molecule has 0 saturated heterocycles. The molecule has 102 valence electrons. The molecule has 0 spiro atoms. The molecule has 1 N–H and O–H groups in total. The molecule has 3 nitrogen and oxygen atoms in total. The van der Waals surface area contributed by atoms with E-state index in [-0.39, 0.29) is 11.2 Å². The largest absolute Gasteiger partial charge is 0.309 e. The van der Waals surface area contributed by atoms with Gasteiger partial charge < -0.3 is 5.32 Å². The summed E-state index contributed by atoms with van der Waals surface area (Å²) in [6.45, 7) is 4.02. The minimum atomic E-state index is -0.0618. The van der Waals surface area contributed by atoms with E-state index < -0.39 is 0 Å². The predicted molar refractivity (Wildman–Crippen MR) is 82.1 cm³/mol. The minimum Gasteiger partial charge on any atom is -0.309 e. The molecular formula is C16H16N2OS. The fourth-order valence-corrected chi connectivity index (χ4v) is 3.59. The van der Waals surface area contributed by atoms with Crippen LogP contribution in [-0.2, 0) is 11.2 Å². The van der Waals surface area contributed by atoms with Crippen molar-refractivity contribution < 1.29 is 4.79 Å². The van der Waals surface area contributed by atoms with Gasteiger partial charge in [-0.15, -0.1) is 11.8 Å². The van der Waals surface area contributed by atoms with E-state index in [9.17, 15) is 4.79 Å². The quantitative estimate of drug-likeness (QED) is 0.919. The Morgan fingerprint density at radius 2 is 2.20 bits per heavy atom. The number of anilines is 1. The Morgan fingerprint density at radius 1 is 1.35 bits per heavy atom. The highest BCUT2D eigenvalue weighted by Crippen LogP contribution is 2.38. The average Bonchev–Trinajstić information content (AvgIpc) is 2.84. The number of fused-ring (bicyclic) bond motifs is 1. The first-order chi connectivity index (χ1) is 9.63. The van der Waals surface area contributed by atoms with Gasteiger partial charge in [-0.3, -0.25) is 4.79 Å². The molecule has 0 fully saturated rings. The number of amides is 1. The zero-order valence-corrected chi connectivity index (χ0v) is 12.3. The molecule has 1 aromatic carbocycles. The zero-order valence-electron chi connectivity index (χ0n) is 11.5. The number of thioether (sulfide) groups is 1. The van der Waals surface area contributed by atoms with Crippen LogP contribution < -0.4 is 5.32 Å². The first-order valence-electron chi connectivity index (χ1n) is 6.62. The van der Waals surface area contributed by atoms with Crippen molar-refractivity contribution in [3.8, 4) is 0 Å². The van der Waals surface area contributed by atoms with Crippen LogP contribution in [0.15, 0.2) is 41.4 Å². The van der Waals surface area contributed by atoms with Gasteiger partial charge in [0.15, 0.2) is 0 Å². The van der Waals surface area contributed by atoms with Crippen LogP contribution in [-0.4, -0.2) is 16.1 Å². The Balaban J connectivity index is 1.73. The standard InChI is InChI=1S/C16H16N2OS/c1-10-5-6-12-9-14(20-13(12)8-10)16(19)18-15-11(2)4-3-7-17-15/h3-8,14H,9H2,1-2H3,(H,17,18,19). The lowest BCUT2D eigenvalue weighted by Gasteiger charge is -2.10. The van der Waals surface area contributed by atoms with E-state index in [1.165, 1.54) is 16.0 Å². The van der Waals surface area contributed by atoms with Crippen molar-refractivity contribution in [2.45, 2.75) is 30.4 Å².